The molecule has 11 heteroatoms. The second-order valence-electron chi connectivity index (χ2n) is 6.70. The molecule has 0 unspecified atom stereocenters. The molecule has 1 N–H and O–H groups in total. The fraction of sp³-hybridized carbons (Fsp3) is 0.316. The van der Waals surface area contributed by atoms with Crippen LogP contribution in [-0.4, -0.2) is 55.5 Å². The first-order valence-corrected chi connectivity index (χ1v) is 12.5. The van der Waals surface area contributed by atoms with Crippen LogP contribution in [0.3, 0.4) is 0 Å². The van der Waals surface area contributed by atoms with E-state index in [1.807, 2.05) is 0 Å². The van der Waals surface area contributed by atoms with Gasteiger partial charge in [-0.3, -0.25) is 13.4 Å². The normalized spacial score (nSPS) is 12.7. The highest BCUT2D eigenvalue weighted by molar-refractivity contribution is 7.92. The first-order valence-electron chi connectivity index (χ1n) is 8.83. The minimum Gasteiger partial charge on any atom is -0.497 e. The van der Waals surface area contributed by atoms with Crippen LogP contribution in [0.15, 0.2) is 48.5 Å². The number of anilines is 3. The number of hydrogen-bond donors (Lipinski definition) is 1. The number of amides is 1. The summed E-state index contributed by atoms with van der Waals surface area (Å²) in [6, 6.07) is 11.5. The summed E-state index contributed by atoms with van der Waals surface area (Å²) < 4.78 is 55.4. The van der Waals surface area contributed by atoms with Crippen molar-refractivity contribution in [3.8, 4) is 5.75 Å². The Hall–Kier alpha value is -2.79. The zero-order chi connectivity index (χ0) is 22.7. The van der Waals surface area contributed by atoms with Crippen molar-refractivity contribution in [3.05, 3.63) is 48.5 Å². The number of carbonyl (C=O) groups is 1. The molecule has 0 aliphatic carbocycles. The average Bonchev–Trinajstić information content (AvgIpc) is 2.66. The van der Waals surface area contributed by atoms with Gasteiger partial charge < -0.3 is 10.1 Å². The number of benzene rings is 2. The lowest BCUT2D eigenvalue weighted by molar-refractivity contribution is -0.116. The molecule has 0 aliphatic heterocycles. The molecule has 0 radical (unpaired) electrons. The van der Waals surface area contributed by atoms with E-state index in [-0.39, 0.29) is 0 Å². The zero-order valence-electron chi connectivity index (χ0n) is 17.4. The highest BCUT2D eigenvalue weighted by atomic mass is 32.2. The van der Waals surface area contributed by atoms with E-state index in [4.69, 9.17) is 4.74 Å². The van der Waals surface area contributed by atoms with Gasteiger partial charge in [-0.2, -0.15) is 0 Å². The maximum atomic E-state index is 12.8. The van der Waals surface area contributed by atoms with Crippen molar-refractivity contribution < 1.29 is 26.4 Å². The Morgan fingerprint density at radius 3 is 2.07 bits per heavy atom. The van der Waals surface area contributed by atoms with Crippen molar-refractivity contribution in [1.29, 1.82) is 0 Å². The monoisotopic (exact) mass is 455 g/mol. The van der Waals surface area contributed by atoms with Crippen LogP contribution in [-0.2, 0) is 24.8 Å². The third kappa shape index (κ3) is 5.63. The second-order valence-corrected chi connectivity index (χ2v) is 10.6. The average molecular weight is 456 g/mol. The Bertz CT molecular complexity index is 1120. The van der Waals surface area contributed by atoms with Crippen molar-refractivity contribution in [2.75, 3.05) is 40.6 Å². The lowest BCUT2D eigenvalue weighted by Gasteiger charge is -2.28. The molecular weight excluding hydrogens is 430 g/mol. The van der Waals surface area contributed by atoms with E-state index < -0.39 is 32.0 Å². The van der Waals surface area contributed by atoms with Crippen LogP contribution in [0.2, 0.25) is 0 Å². The van der Waals surface area contributed by atoms with Crippen LogP contribution in [0.4, 0.5) is 17.1 Å². The van der Waals surface area contributed by atoms with Crippen molar-refractivity contribution in [2.45, 2.75) is 13.0 Å². The van der Waals surface area contributed by atoms with Crippen molar-refractivity contribution >= 4 is 43.0 Å². The molecule has 1 amide bonds. The molecule has 2 rings (SSSR count). The van der Waals surface area contributed by atoms with Crippen LogP contribution >= 0.6 is 0 Å². The van der Waals surface area contributed by atoms with Gasteiger partial charge in [0.2, 0.25) is 26.0 Å². The van der Waals surface area contributed by atoms with Crippen LogP contribution in [0.1, 0.15) is 6.92 Å². The third-order valence-electron chi connectivity index (χ3n) is 4.39. The highest BCUT2D eigenvalue weighted by Gasteiger charge is 2.29. The van der Waals surface area contributed by atoms with Gasteiger partial charge in [0, 0.05) is 12.7 Å². The summed E-state index contributed by atoms with van der Waals surface area (Å²) in [5.41, 5.74) is 1.01. The van der Waals surface area contributed by atoms with Gasteiger partial charge in [-0.25, -0.2) is 16.8 Å². The predicted molar refractivity (Wildman–Crippen MR) is 118 cm³/mol. The number of hydrogen-bond acceptors (Lipinski definition) is 6. The Morgan fingerprint density at radius 2 is 1.57 bits per heavy atom. The molecule has 1 atom stereocenters. The molecule has 2 aromatic rings. The molecule has 0 saturated carbocycles. The summed E-state index contributed by atoms with van der Waals surface area (Å²) in [4.78, 5) is 12.8. The van der Waals surface area contributed by atoms with E-state index in [1.54, 1.807) is 42.5 Å². The molecule has 2 aromatic carbocycles. The minimum atomic E-state index is -3.77. The van der Waals surface area contributed by atoms with Crippen LogP contribution < -0.4 is 18.7 Å². The molecule has 0 aliphatic rings. The van der Waals surface area contributed by atoms with Gasteiger partial charge >= 0.3 is 0 Å². The van der Waals surface area contributed by atoms with E-state index in [1.165, 1.54) is 27.1 Å². The smallest absolute Gasteiger partial charge is 0.247 e. The first-order chi connectivity index (χ1) is 13.8. The summed E-state index contributed by atoms with van der Waals surface area (Å²) in [5.74, 6) is -0.0217. The molecule has 0 bridgehead atoms. The Balaban J connectivity index is 2.30. The van der Waals surface area contributed by atoms with Crippen molar-refractivity contribution in [1.82, 2.24) is 0 Å². The van der Waals surface area contributed by atoms with Crippen LogP contribution in [0.25, 0.3) is 0 Å². The highest BCUT2D eigenvalue weighted by Crippen LogP contribution is 2.25. The van der Waals surface area contributed by atoms with Crippen LogP contribution in [0.5, 0.6) is 5.75 Å². The van der Waals surface area contributed by atoms with Crippen molar-refractivity contribution in [2.24, 2.45) is 0 Å². The number of sulfonamides is 2. The van der Waals surface area contributed by atoms with Gasteiger partial charge in [-0.05, 0) is 49.4 Å². The van der Waals surface area contributed by atoms with E-state index in [9.17, 15) is 21.6 Å². The predicted octanol–water partition coefficient (Wildman–Crippen LogP) is 1.88. The molecule has 0 spiro atoms. The number of nitrogens with zero attached hydrogens (tertiary/aromatic N) is 2. The Labute approximate surface area is 177 Å². The third-order valence-corrected chi connectivity index (χ3v) is 6.84. The quantitative estimate of drug-likeness (QED) is 0.650. The largest absolute Gasteiger partial charge is 0.497 e. The fourth-order valence-electron chi connectivity index (χ4n) is 2.76. The Kier molecular flexibility index (Phi) is 6.99. The molecule has 0 saturated heterocycles. The van der Waals surface area contributed by atoms with Gasteiger partial charge in [0.15, 0.2) is 0 Å². The SMILES string of the molecule is COc1ccc(N([C@H](C)C(=O)Nc2cccc(N(C)S(C)(=O)=O)c2)S(C)(=O)=O)cc1. The fourth-order valence-corrected chi connectivity index (χ4v) is 4.43. The molecule has 30 heavy (non-hydrogen) atoms. The number of rotatable bonds is 8. The number of ether oxygens (including phenoxy) is 1. The first kappa shape index (κ1) is 23.5. The number of carbonyl (C=O) groups excluding carboxylic acids is 1. The summed E-state index contributed by atoms with van der Waals surface area (Å²) in [6.45, 7) is 1.47. The zero-order valence-corrected chi connectivity index (χ0v) is 19.0. The topological polar surface area (TPSA) is 113 Å². The standard InChI is InChI=1S/C19H25N3O6S2/c1-14(22(30(5,26)27)16-9-11-18(28-3)12-10-16)19(23)20-15-7-6-8-17(13-15)21(2)29(4,24)25/h6-14H,1-5H3,(H,20,23)/t14-/m1/s1. The molecular formula is C19H25N3O6S2. The molecule has 164 valence electrons. The maximum Gasteiger partial charge on any atom is 0.247 e. The van der Waals surface area contributed by atoms with E-state index in [0.717, 1.165) is 21.1 Å². The van der Waals surface area contributed by atoms with Gasteiger partial charge in [-0.1, -0.05) is 6.07 Å². The second kappa shape index (κ2) is 8.92. The number of methoxy groups -OCH3 is 1. The molecule has 0 aromatic heterocycles. The lowest BCUT2D eigenvalue weighted by atomic mass is 10.2. The summed E-state index contributed by atoms with van der Waals surface area (Å²) >= 11 is 0. The van der Waals surface area contributed by atoms with Crippen molar-refractivity contribution in [3.63, 3.8) is 0 Å². The van der Waals surface area contributed by atoms with Gasteiger partial charge in [0.1, 0.15) is 11.8 Å². The Morgan fingerprint density at radius 1 is 0.967 bits per heavy atom. The van der Waals surface area contributed by atoms with Gasteiger partial charge in [0.25, 0.3) is 0 Å². The molecule has 9 nitrogen and oxygen atoms in total. The number of nitrogens with one attached hydrogen (secondary N) is 1. The minimum absolute atomic E-state index is 0.312. The van der Waals surface area contributed by atoms with E-state index >= 15 is 0 Å². The van der Waals surface area contributed by atoms with Crippen LogP contribution in [0, 0.1) is 0 Å². The van der Waals surface area contributed by atoms with E-state index in [2.05, 4.69) is 5.32 Å². The summed E-state index contributed by atoms with van der Waals surface area (Å²) in [5, 5.41) is 2.64. The van der Waals surface area contributed by atoms with Gasteiger partial charge in [0.05, 0.1) is 31.0 Å². The maximum absolute atomic E-state index is 12.8. The summed E-state index contributed by atoms with van der Waals surface area (Å²) in [7, 11) is -4.35. The molecule has 0 fully saturated rings. The molecule has 0 heterocycles. The van der Waals surface area contributed by atoms with Gasteiger partial charge in [-0.15, -0.1) is 0 Å². The summed E-state index contributed by atoms with van der Waals surface area (Å²) in [6.07, 6.45) is 2.09. The lowest BCUT2D eigenvalue weighted by Crippen LogP contribution is -2.45. The van der Waals surface area contributed by atoms with E-state index in [0.29, 0.717) is 22.8 Å².